The van der Waals surface area contributed by atoms with Gasteiger partial charge in [0.25, 0.3) is 5.91 Å². The van der Waals surface area contributed by atoms with Crippen LogP contribution in [0.2, 0.25) is 0 Å². The lowest BCUT2D eigenvalue weighted by atomic mass is 10.3. The van der Waals surface area contributed by atoms with Crippen LogP contribution in [0, 0.1) is 0 Å². The number of aromatic nitrogens is 2. The number of carbonyl (C=O) groups excluding carboxylic acids is 1. The van der Waals surface area contributed by atoms with Crippen molar-refractivity contribution in [1.82, 2.24) is 14.3 Å². The van der Waals surface area contributed by atoms with Crippen LogP contribution in [0.4, 0.5) is 11.5 Å². The molecule has 3 aromatic rings. The zero-order valence-corrected chi connectivity index (χ0v) is 18.1. The van der Waals surface area contributed by atoms with Gasteiger partial charge in [0.1, 0.15) is 5.82 Å². The Morgan fingerprint density at radius 2 is 1.77 bits per heavy atom. The first kappa shape index (κ1) is 20.5. The van der Waals surface area contributed by atoms with Crippen LogP contribution in [0.1, 0.15) is 10.6 Å². The van der Waals surface area contributed by atoms with Crippen molar-refractivity contribution < 1.29 is 17.6 Å². The maximum Gasteiger partial charge on any atom is 0.291 e. The summed E-state index contributed by atoms with van der Waals surface area (Å²) in [5, 5.41) is 2.67. The summed E-state index contributed by atoms with van der Waals surface area (Å²) >= 11 is 3.14. The van der Waals surface area contributed by atoms with E-state index in [0.29, 0.717) is 36.5 Å². The monoisotopic (exact) mass is 491 g/mol. The fourth-order valence-electron chi connectivity index (χ4n) is 3.10. The third kappa shape index (κ3) is 4.37. The van der Waals surface area contributed by atoms with E-state index in [-0.39, 0.29) is 10.7 Å². The topological polar surface area (TPSA) is 109 Å². The second-order valence-electron chi connectivity index (χ2n) is 6.54. The molecule has 0 saturated carbocycles. The van der Waals surface area contributed by atoms with Crippen molar-refractivity contribution in [1.29, 1.82) is 0 Å². The molecule has 156 valence electrons. The van der Waals surface area contributed by atoms with E-state index in [4.69, 9.17) is 4.42 Å². The molecule has 1 aromatic carbocycles. The Hall–Kier alpha value is -2.76. The molecule has 1 aliphatic heterocycles. The minimum Gasteiger partial charge on any atom is -0.444 e. The van der Waals surface area contributed by atoms with Gasteiger partial charge in [-0.05, 0) is 52.3 Å². The number of furan rings is 1. The highest BCUT2D eigenvalue weighted by molar-refractivity contribution is 9.10. The average molecular weight is 492 g/mol. The highest BCUT2D eigenvalue weighted by Gasteiger charge is 2.29. The van der Waals surface area contributed by atoms with Gasteiger partial charge in [-0.2, -0.15) is 4.31 Å². The normalized spacial score (nSPS) is 15.2. The number of benzene rings is 1. The van der Waals surface area contributed by atoms with Gasteiger partial charge in [0, 0.05) is 44.3 Å². The second kappa shape index (κ2) is 8.54. The van der Waals surface area contributed by atoms with Crippen LogP contribution in [0.3, 0.4) is 0 Å². The lowest BCUT2D eigenvalue weighted by Gasteiger charge is -2.34. The summed E-state index contributed by atoms with van der Waals surface area (Å²) in [7, 11) is -3.63. The molecule has 9 nitrogen and oxygen atoms in total. The Morgan fingerprint density at radius 3 is 2.37 bits per heavy atom. The quantitative estimate of drug-likeness (QED) is 0.583. The van der Waals surface area contributed by atoms with E-state index < -0.39 is 15.9 Å². The molecule has 1 N–H and O–H groups in total. The average Bonchev–Trinajstić information content (AvgIpc) is 3.21. The summed E-state index contributed by atoms with van der Waals surface area (Å²) in [5.41, 5.74) is 0.471. The lowest BCUT2D eigenvalue weighted by molar-refractivity contribution is 0.0995. The first-order chi connectivity index (χ1) is 14.4. The predicted octanol–water partition coefficient (Wildman–Crippen LogP) is 2.60. The van der Waals surface area contributed by atoms with E-state index in [0.717, 1.165) is 5.82 Å². The molecule has 1 saturated heterocycles. The number of halogens is 1. The minimum atomic E-state index is -3.63. The number of amides is 1. The molecule has 0 bridgehead atoms. The van der Waals surface area contributed by atoms with Gasteiger partial charge in [0.05, 0.1) is 11.1 Å². The van der Waals surface area contributed by atoms with Crippen LogP contribution in [-0.2, 0) is 10.0 Å². The van der Waals surface area contributed by atoms with Crippen molar-refractivity contribution in [2.24, 2.45) is 0 Å². The number of rotatable bonds is 5. The number of hydrogen-bond donors (Lipinski definition) is 1. The molecule has 1 aliphatic rings. The number of sulfonamides is 1. The molecule has 0 aliphatic carbocycles. The van der Waals surface area contributed by atoms with Crippen molar-refractivity contribution in [3.05, 3.63) is 65.4 Å². The van der Waals surface area contributed by atoms with Crippen LogP contribution in [0.5, 0.6) is 0 Å². The highest BCUT2D eigenvalue weighted by Crippen LogP contribution is 2.22. The molecule has 1 amide bonds. The summed E-state index contributed by atoms with van der Waals surface area (Å²) in [5.74, 6) is 0.467. The highest BCUT2D eigenvalue weighted by atomic mass is 79.9. The van der Waals surface area contributed by atoms with Crippen LogP contribution in [0.25, 0.3) is 0 Å². The fraction of sp³-hybridized carbons (Fsp3) is 0.211. The number of anilines is 2. The van der Waals surface area contributed by atoms with Gasteiger partial charge >= 0.3 is 0 Å². The SMILES string of the molecule is O=C(Nc1ccc(S(=O)(=O)N2CCN(c3cnccn3)CC2)cc1)c1ccc(Br)o1. The molecule has 2 aromatic heterocycles. The Bertz CT molecular complexity index is 1130. The molecule has 0 spiro atoms. The second-order valence-corrected chi connectivity index (χ2v) is 9.26. The van der Waals surface area contributed by atoms with Crippen molar-refractivity contribution in [2.75, 3.05) is 36.4 Å². The lowest BCUT2D eigenvalue weighted by Crippen LogP contribution is -2.48. The molecule has 11 heteroatoms. The van der Waals surface area contributed by atoms with Crippen molar-refractivity contribution in [3.8, 4) is 0 Å². The number of nitrogens with zero attached hydrogens (tertiary/aromatic N) is 4. The first-order valence-corrected chi connectivity index (χ1v) is 11.3. The summed E-state index contributed by atoms with van der Waals surface area (Å²) in [6, 6.07) is 9.24. The molecule has 4 rings (SSSR count). The zero-order chi connectivity index (χ0) is 21.1. The maximum absolute atomic E-state index is 13.0. The molecule has 30 heavy (non-hydrogen) atoms. The minimum absolute atomic E-state index is 0.152. The molecular formula is C19H18BrN5O4S. The van der Waals surface area contributed by atoms with Crippen molar-refractivity contribution >= 4 is 43.4 Å². The maximum atomic E-state index is 13.0. The predicted molar refractivity (Wildman–Crippen MR) is 114 cm³/mol. The van der Waals surface area contributed by atoms with E-state index >= 15 is 0 Å². The standard InChI is InChI=1S/C19H18BrN5O4S/c20-17-6-5-16(29-17)19(26)23-14-1-3-15(4-2-14)30(27,28)25-11-9-24(10-12-25)18-13-21-7-8-22-18/h1-8,13H,9-12H2,(H,23,26). The summed E-state index contributed by atoms with van der Waals surface area (Å²) < 4.78 is 33.0. The van der Waals surface area contributed by atoms with Gasteiger partial charge in [-0.3, -0.25) is 9.78 Å². The Balaban J connectivity index is 1.40. The first-order valence-electron chi connectivity index (χ1n) is 9.11. The van der Waals surface area contributed by atoms with E-state index in [2.05, 4.69) is 31.2 Å². The summed E-state index contributed by atoms with van der Waals surface area (Å²) in [6.07, 6.45) is 4.88. The Labute approximate surface area is 181 Å². The van der Waals surface area contributed by atoms with Crippen LogP contribution in [0.15, 0.2) is 69.0 Å². The number of hydrogen-bond acceptors (Lipinski definition) is 7. The van der Waals surface area contributed by atoms with E-state index in [9.17, 15) is 13.2 Å². The molecular weight excluding hydrogens is 474 g/mol. The summed E-state index contributed by atoms with van der Waals surface area (Å²) in [4.78, 5) is 22.6. The number of carbonyl (C=O) groups is 1. The third-order valence-corrected chi connectivity index (χ3v) is 7.00. The van der Waals surface area contributed by atoms with Gasteiger partial charge in [0.15, 0.2) is 10.4 Å². The number of piperazine rings is 1. The van der Waals surface area contributed by atoms with Crippen molar-refractivity contribution in [3.63, 3.8) is 0 Å². The van der Waals surface area contributed by atoms with E-state index in [1.165, 1.54) is 16.4 Å². The smallest absolute Gasteiger partial charge is 0.291 e. The summed E-state index contributed by atoms with van der Waals surface area (Å²) in [6.45, 7) is 1.77. The van der Waals surface area contributed by atoms with Gasteiger partial charge in [0.2, 0.25) is 10.0 Å². The molecule has 0 unspecified atom stereocenters. The van der Waals surface area contributed by atoms with Gasteiger partial charge in [-0.1, -0.05) is 0 Å². The van der Waals surface area contributed by atoms with E-state index in [1.807, 2.05) is 4.90 Å². The molecule has 0 atom stereocenters. The Kier molecular flexibility index (Phi) is 5.84. The van der Waals surface area contributed by atoms with Crippen molar-refractivity contribution in [2.45, 2.75) is 4.90 Å². The van der Waals surface area contributed by atoms with Crippen LogP contribution < -0.4 is 10.2 Å². The molecule has 0 radical (unpaired) electrons. The Morgan fingerprint density at radius 1 is 1.03 bits per heavy atom. The molecule has 1 fully saturated rings. The van der Waals surface area contributed by atoms with Crippen LogP contribution >= 0.6 is 15.9 Å². The molecule has 3 heterocycles. The van der Waals surface area contributed by atoms with Gasteiger partial charge in [-0.15, -0.1) is 0 Å². The zero-order valence-electron chi connectivity index (χ0n) is 15.7. The fourth-order valence-corrected chi connectivity index (χ4v) is 4.83. The third-order valence-electron chi connectivity index (χ3n) is 4.66. The van der Waals surface area contributed by atoms with Crippen LogP contribution in [-0.4, -0.2) is 54.8 Å². The van der Waals surface area contributed by atoms with E-state index in [1.54, 1.807) is 42.9 Å². The van der Waals surface area contributed by atoms with Gasteiger partial charge in [-0.25, -0.2) is 13.4 Å². The number of nitrogens with one attached hydrogen (secondary N) is 1. The largest absolute Gasteiger partial charge is 0.444 e. The van der Waals surface area contributed by atoms with Gasteiger partial charge < -0.3 is 14.6 Å².